The third-order valence-corrected chi connectivity index (χ3v) is 5.67. The minimum atomic E-state index is -3.85. The number of hydrogen-bond donors (Lipinski definition) is 2. The third kappa shape index (κ3) is 5.04. The molecule has 2 rings (SSSR count). The quantitative estimate of drug-likeness (QED) is 0.670. The molecule has 2 aromatic carbocycles. The number of carbonyl (C=O) groups excluding carboxylic acids is 1. The Morgan fingerprint density at radius 1 is 1.14 bits per heavy atom. The summed E-state index contributed by atoms with van der Waals surface area (Å²) in [4.78, 5) is 11.9. The number of anilines is 2. The molecule has 7 heteroatoms. The molecule has 0 atom stereocenters. The Labute approximate surface area is 167 Å². The highest BCUT2D eigenvalue weighted by molar-refractivity contribution is 7.92. The van der Waals surface area contributed by atoms with Crippen LogP contribution in [0.2, 0.25) is 0 Å². The van der Waals surface area contributed by atoms with Gasteiger partial charge in [0, 0.05) is 6.42 Å². The molecular formula is C21H28N2O4S. The molecule has 152 valence electrons. The topological polar surface area (TPSA) is 84.5 Å². The molecule has 0 aliphatic heterocycles. The van der Waals surface area contributed by atoms with Crippen LogP contribution in [-0.2, 0) is 14.8 Å². The van der Waals surface area contributed by atoms with Crippen LogP contribution in [0.15, 0.2) is 41.3 Å². The normalized spacial score (nSPS) is 11.4. The number of hydrogen-bond acceptors (Lipinski definition) is 4. The minimum Gasteiger partial charge on any atom is -0.492 e. The second-order valence-corrected chi connectivity index (χ2v) is 8.47. The Kier molecular flexibility index (Phi) is 7.07. The molecule has 2 aromatic rings. The lowest BCUT2D eigenvalue weighted by atomic mass is 9.99. The zero-order valence-electron chi connectivity index (χ0n) is 17.0. The van der Waals surface area contributed by atoms with Crippen LogP contribution in [0.4, 0.5) is 11.4 Å². The van der Waals surface area contributed by atoms with Crippen LogP contribution in [0.1, 0.15) is 51.2 Å². The number of benzene rings is 2. The van der Waals surface area contributed by atoms with Crippen molar-refractivity contribution in [1.82, 2.24) is 0 Å². The first-order chi connectivity index (χ1) is 13.2. The molecule has 28 heavy (non-hydrogen) atoms. The van der Waals surface area contributed by atoms with Gasteiger partial charge in [0.15, 0.2) is 0 Å². The Morgan fingerprint density at radius 2 is 1.86 bits per heavy atom. The maximum Gasteiger partial charge on any atom is 0.261 e. The first kappa shape index (κ1) is 21.8. The van der Waals surface area contributed by atoms with Gasteiger partial charge in [-0.2, -0.15) is 0 Å². The highest BCUT2D eigenvalue weighted by Gasteiger charge is 2.20. The van der Waals surface area contributed by atoms with Crippen molar-refractivity contribution in [2.24, 2.45) is 0 Å². The summed E-state index contributed by atoms with van der Waals surface area (Å²) in [7, 11) is -3.85. The number of para-hydroxylation sites is 1. The molecule has 0 bridgehead atoms. The van der Waals surface area contributed by atoms with Gasteiger partial charge in [0.05, 0.1) is 22.9 Å². The van der Waals surface area contributed by atoms with E-state index in [1.165, 1.54) is 12.1 Å². The fraction of sp³-hybridized carbons (Fsp3) is 0.381. The van der Waals surface area contributed by atoms with Crippen molar-refractivity contribution in [3.05, 3.63) is 47.5 Å². The number of aryl methyl sites for hydroxylation is 1. The van der Waals surface area contributed by atoms with E-state index in [-0.39, 0.29) is 23.1 Å². The van der Waals surface area contributed by atoms with Crippen LogP contribution in [0.5, 0.6) is 5.75 Å². The van der Waals surface area contributed by atoms with E-state index in [0.717, 1.165) is 11.1 Å². The SMILES string of the molecule is CCOc1ccc(S(=O)(=O)Nc2c(C)cccc2C(C)C)cc1NC(=O)CC. The van der Waals surface area contributed by atoms with Gasteiger partial charge in [0.1, 0.15) is 5.75 Å². The molecule has 0 heterocycles. The standard InChI is InChI=1S/C21H28N2O4S/c1-6-20(24)22-18-13-16(11-12-19(18)27-7-2)28(25,26)23-21-15(5)9-8-10-17(21)14(3)4/h8-14,23H,6-7H2,1-5H3,(H,22,24). The van der Waals surface area contributed by atoms with Gasteiger partial charge in [-0.1, -0.05) is 39.0 Å². The first-order valence-electron chi connectivity index (χ1n) is 9.38. The zero-order valence-corrected chi connectivity index (χ0v) is 17.8. The fourth-order valence-electron chi connectivity index (χ4n) is 2.80. The average Bonchev–Trinajstić information content (AvgIpc) is 2.64. The summed E-state index contributed by atoms with van der Waals surface area (Å²) < 4.78 is 34.3. The first-order valence-corrected chi connectivity index (χ1v) is 10.9. The predicted octanol–water partition coefficient (Wildman–Crippen LogP) is 4.67. The smallest absolute Gasteiger partial charge is 0.261 e. The van der Waals surface area contributed by atoms with Crippen LogP contribution in [0, 0.1) is 6.92 Å². The Morgan fingerprint density at radius 3 is 2.46 bits per heavy atom. The van der Waals surface area contributed by atoms with E-state index in [1.807, 2.05) is 45.9 Å². The molecule has 0 unspecified atom stereocenters. The minimum absolute atomic E-state index is 0.0558. The monoisotopic (exact) mass is 404 g/mol. The van der Waals surface area contributed by atoms with E-state index in [2.05, 4.69) is 10.0 Å². The Balaban J connectivity index is 2.46. The van der Waals surface area contributed by atoms with Crippen molar-refractivity contribution in [2.45, 2.75) is 51.9 Å². The number of sulfonamides is 1. The summed E-state index contributed by atoms with van der Waals surface area (Å²) in [6.07, 6.45) is 0.280. The highest BCUT2D eigenvalue weighted by atomic mass is 32.2. The Bertz CT molecular complexity index is 953. The molecule has 0 saturated carbocycles. The molecule has 0 aliphatic carbocycles. The van der Waals surface area contributed by atoms with E-state index in [4.69, 9.17) is 4.74 Å². The van der Waals surface area contributed by atoms with Crippen molar-refractivity contribution in [2.75, 3.05) is 16.6 Å². The van der Waals surface area contributed by atoms with Crippen molar-refractivity contribution >= 4 is 27.3 Å². The van der Waals surface area contributed by atoms with Crippen LogP contribution in [0.3, 0.4) is 0 Å². The molecule has 0 aromatic heterocycles. The van der Waals surface area contributed by atoms with Crippen LogP contribution >= 0.6 is 0 Å². The average molecular weight is 405 g/mol. The van der Waals surface area contributed by atoms with Gasteiger partial charge in [0.2, 0.25) is 5.91 Å². The Hall–Kier alpha value is -2.54. The molecule has 0 radical (unpaired) electrons. The van der Waals surface area contributed by atoms with E-state index in [9.17, 15) is 13.2 Å². The summed E-state index contributed by atoms with van der Waals surface area (Å²) in [6.45, 7) is 9.85. The van der Waals surface area contributed by atoms with Gasteiger partial charge in [-0.05, 0) is 49.1 Å². The lowest BCUT2D eigenvalue weighted by Crippen LogP contribution is -2.17. The van der Waals surface area contributed by atoms with Crippen LogP contribution in [-0.4, -0.2) is 20.9 Å². The summed E-state index contributed by atoms with van der Waals surface area (Å²) in [5, 5.41) is 2.71. The maximum atomic E-state index is 13.0. The number of ether oxygens (including phenoxy) is 1. The molecular weight excluding hydrogens is 376 g/mol. The highest BCUT2D eigenvalue weighted by Crippen LogP contribution is 2.32. The lowest BCUT2D eigenvalue weighted by molar-refractivity contribution is -0.115. The summed E-state index contributed by atoms with van der Waals surface area (Å²) in [5.74, 6) is 0.379. The predicted molar refractivity (Wildman–Crippen MR) is 113 cm³/mol. The van der Waals surface area contributed by atoms with Crippen molar-refractivity contribution < 1.29 is 17.9 Å². The van der Waals surface area contributed by atoms with Gasteiger partial charge in [-0.15, -0.1) is 0 Å². The van der Waals surface area contributed by atoms with Crippen molar-refractivity contribution in [3.63, 3.8) is 0 Å². The molecule has 2 N–H and O–H groups in total. The van der Waals surface area contributed by atoms with E-state index in [1.54, 1.807) is 13.0 Å². The molecule has 0 fully saturated rings. The van der Waals surface area contributed by atoms with E-state index < -0.39 is 10.0 Å². The fourth-order valence-corrected chi connectivity index (χ4v) is 3.98. The maximum absolute atomic E-state index is 13.0. The van der Waals surface area contributed by atoms with Crippen molar-refractivity contribution in [3.8, 4) is 5.75 Å². The summed E-state index contributed by atoms with van der Waals surface area (Å²) >= 11 is 0. The largest absolute Gasteiger partial charge is 0.492 e. The number of rotatable bonds is 8. The second-order valence-electron chi connectivity index (χ2n) is 6.79. The van der Waals surface area contributed by atoms with Gasteiger partial charge in [0.25, 0.3) is 10.0 Å². The van der Waals surface area contributed by atoms with Gasteiger partial charge in [-0.25, -0.2) is 8.42 Å². The lowest BCUT2D eigenvalue weighted by Gasteiger charge is -2.18. The van der Waals surface area contributed by atoms with E-state index >= 15 is 0 Å². The molecule has 0 aliphatic rings. The second kappa shape index (κ2) is 9.10. The third-order valence-electron chi connectivity index (χ3n) is 4.32. The summed E-state index contributed by atoms with van der Waals surface area (Å²) in [6, 6.07) is 10.2. The van der Waals surface area contributed by atoms with E-state index in [0.29, 0.717) is 23.7 Å². The van der Waals surface area contributed by atoms with Crippen LogP contribution in [0.25, 0.3) is 0 Å². The molecule has 0 saturated heterocycles. The summed E-state index contributed by atoms with van der Waals surface area (Å²) in [5.41, 5.74) is 2.70. The zero-order chi connectivity index (χ0) is 20.9. The molecule has 0 spiro atoms. The number of carbonyl (C=O) groups is 1. The van der Waals surface area contributed by atoms with Gasteiger partial charge < -0.3 is 10.1 Å². The van der Waals surface area contributed by atoms with Crippen molar-refractivity contribution in [1.29, 1.82) is 0 Å². The molecule has 1 amide bonds. The van der Waals surface area contributed by atoms with Gasteiger partial charge in [-0.3, -0.25) is 9.52 Å². The van der Waals surface area contributed by atoms with Gasteiger partial charge >= 0.3 is 0 Å². The van der Waals surface area contributed by atoms with Crippen LogP contribution < -0.4 is 14.8 Å². The molecule has 6 nitrogen and oxygen atoms in total. The number of nitrogens with one attached hydrogen (secondary N) is 2. The number of amides is 1.